The molecule has 30 heavy (non-hydrogen) atoms. The third kappa shape index (κ3) is 3.57. The van der Waals surface area contributed by atoms with Crippen LogP contribution in [-0.2, 0) is 9.53 Å². The average Bonchev–Trinajstić information content (AvgIpc) is 3.24. The molecule has 1 aliphatic rings. The number of furan rings is 1. The highest BCUT2D eigenvalue weighted by atomic mass is 32.1. The highest BCUT2D eigenvalue weighted by molar-refractivity contribution is 7.07. The van der Waals surface area contributed by atoms with E-state index in [9.17, 15) is 9.59 Å². The molecule has 3 aromatic rings. The van der Waals surface area contributed by atoms with Crippen molar-refractivity contribution in [3.63, 3.8) is 0 Å². The second-order valence-corrected chi connectivity index (χ2v) is 8.17. The molecule has 0 unspecified atom stereocenters. The summed E-state index contributed by atoms with van der Waals surface area (Å²) < 4.78 is 13.0. The molecular weight excluding hydrogens is 400 g/mol. The van der Waals surface area contributed by atoms with Crippen molar-refractivity contribution in [2.75, 3.05) is 6.61 Å². The van der Waals surface area contributed by atoms with Crippen LogP contribution < -0.4 is 14.9 Å². The lowest BCUT2D eigenvalue weighted by Crippen LogP contribution is -2.39. The van der Waals surface area contributed by atoms with E-state index >= 15 is 0 Å². The van der Waals surface area contributed by atoms with E-state index in [-0.39, 0.29) is 12.2 Å². The lowest BCUT2D eigenvalue weighted by molar-refractivity contribution is -0.139. The molecule has 1 aromatic carbocycles. The SMILES string of the molecule is CCOC(=O)C1=C(C)N=c2sc(=Cc3ccc(C)o3)c(=O)n2[C@@H]1c1ccc(C)cc1. The van der Waals surface area contributed by atoms with Crippen molar-refractivity contribution in [3.8, 4) is 0 Å². The van der Waals surface area contributed by atoms with Gasteiger partial charge in [-0.25, -0.2) is 9.79 Å². The fraction of sp³-hybridized carbons (Fsp3) is 0.261. The minimum atomic E-state index is -0.596. The minimum Gasteiger partial charge on any atom is -0.463 e. The van der Waals surface area contributed by atoms with Gasteiger partial charge in [0.2, 0.25) is 0 Å². The number of ether oxygens (including phenoxy) is 1. The second kappa shape index (κ2) is 7.91. The number of benzene rings is 1. The zero-order valence-corrected chi connectivity index (χ0v) is 18.1. The molecule has 7 heteroatoms. The number of carbonyl (C=O) groups is 1. The van der Waals surface area contributed by atoms with Gasteiger partial charge in [-0.2, -0.15) is 0 Å². The molecule has 0 fully saturated rings. The molecule has 0 saturated carbocycles. The van der Waals surface area contributed by atoms with E-state index in [4.69, 9.17) is 9.15 Å². The monoisotopic (exact) mass is 422 g/mol. The molecule has 1 aliphatic heterocycles. The number of fused-ring (bicyclic) bond motifs is 1. The smallest absolute Gasteiger partial charge is 0.338 e. The Morgan fingerprint density at radius 1 is 1.20 bits per heavy atom. The molecule has 2 aromatic heterocycles. The molecule has 1 atom stereocenters. The Labute approximate surface area is 177 Å². The van der Waals surface area contributed by atoms with Crippen LogP contribution in [0.15, 0.2) is 61.9 Å². The van der Waals surface area contributed by atoms with Crippen LogP contribution >= 0.6 is 11.3 Å². The summed E-state index contributed by atoms with van der Waals surface area (Å²) in [5.74, 6) is 0.915. The summed E-state index contributed by atoms with van der Waals surface area (Å²) in [7, 11) is 0. The van der Waals surface area contributed by atoms with Crippen molar-refractivity contribution in [2.45, 2.75) is 33.7 Å². The number of thiazole rings is 1. The Kier molecular flexibility index (Phi) is 5.30. The summed E-state index contributed by atoms with van der Waals surface area (Å²) in [6, 6.07) is 10.9. The predicted molar refractivity (Wildman–Crippen MR) is 115 cm³/mol. The molecule has 0 amide bonds. The maximum Gasteiger partial charge on any atom is 0.338 e. The quantitative estimate of drug-likeness (QED) is 0.606. The van der Waals surface area contributed by atoms with Crippen molar-refractivity contribution in [1.29, 1.82) is 0 Å². The van der Waals surface area contributed by atoms with Crippen LogP contribution in [0.3, 0.4) is 0 Å². The van der Waals surface area contributed by atoms with Crippen LogP contribution in [0.4, 0.5) is 0 Å². The van der Waals surface area contributed by atoms with Crippen molar-refractivity contribution in [1.82, 2.24) is 4.57 Å². The van der Waals surface area contributed by atoms with Gasteiger partial charge in [-0.15, -0.1) is 0 Å². The van der Waals surface area contributed by atoms with Crippen LogP contribution in [0.2, 0.25) is 0 Å². The summed E-state index contributed by atoms with van der Waals surface area (Å²) in [6.07, 6.45) is 1.71. The van der Waals surface area contributed by atoms with E-state index in [1.54, 1.807) is 24.5 Å². The zero-order valence-electron chi connectivity index (χ0n) is 17.3. The minimum absolute atomic E-state index is 0.215. The Morgan fingerprint density at radius 2 is 1.93 bits per heavy atom. The normalized spacial score (nSPS) is 16.4. The van der Waals surface area contributed by atoms with E-state index in [0.717, 1.165) is 16.9 Å². The van der Waals surface area contributed by atoms with E-state index in [1.165, 1.54) is 11.3 Å². The van der Waals surface area contributed by atoms with E-state index in [0.29, 0.717) is 26.4 Å². The van der Waals surface area contributed by atoms with Crippen molar-refractivity contribution >= 4 is 23.4 Å². The lowest BCUT2D eigenvalue weighted by Gasteiger charge is -2.24. The molecule has 0 aliphatic carbocycles. The molecule has 0 N–H and O–H groups in total. The number of esters is 1. The number of aryl methyl sites for hydroxylation is 2. The number of hydrogen-bond acceptors (Lipinski definition) is 6. The van der Waals surface area contributed by atoms with Gasteiger partial charge in [-0.3, -0.25) is 9.36 Å². The maximum absolute atomic E-state index is 13.4. The molecule has 154 valence electrons. The Morgan fingerprint density at radius 3 is 2.57 bits per heavy atom. The third-order valence-electron chi connectivity index (χ3n) is 4.94. The number of rotatable bonds is 4. The van der Waals surface area contributed by atoms with Crippen LogP contribution in [-0.4, -0.2) is 17.1 Å². The fourth-order valence-electron chi connectivity index (χ4n) is 3.52. The summed E-state index contributed by atoms with van der Waals surface area (Å²) in [6.45, 7) is 7.63. The van der Waals surface area contributed by atoms with E-state index in [2.05, 4.69) is 4.99 Å². The first-order valence-electron chi connectivity index (χ1n) is 9.71. The maximum atomic E-state index is 13.4. The summed E-state index contributed by atoms with van der Waals surface area (Å²) in [5, 5.41) is 0. The molecule has 0 bridgehead atoms. The van der Waals surface area contributed by atoms with Gasteiger partial charge in [0, 0.05) is 6.08 Å². The number of hydrogen-bond donors (Lipinski definition) is 0. The molecule has 4 rings (SSSR count). The Bertz CT molecular complexity index is 1320. The average molecular weight is 423 g/mol. The Hall–Kier alpha value is -3.19. The number of allylic oxidation sites excluding steroid dienone is 1. The Balaban J connectivity index is 1.96. The zero-order chi connectivity index (χ0) is 21.4. The highest BCUT2D eigenvalue weighted by Gasteiger charge is 2.33. The van der Waals surface area contributed by atoms with Crippen molar-refractivity contribution in [2.24, 2.45) is 4.99 Å². The predicted octanol–water partition coefficient (Wildman–Crippen LogP) is 3.01. The summed E-state index contributed by atoms with van der Waals surface area (Å²) in [5.41, 5.74) is 2.65. The number of nitrogens with zero attached hydrogens (tertiary/aromatic N) is 2. The molecule has 6 nitrogen and oxygen atoms in total. The van der Waals surface area contributed by atoms with Gasteiger partial charge in [0.05, 0.1) is 28.5 Å². The second-order valence-electron chi connectivity index (χ2n) is 7.16. The van der Waals surface area contributed by atoms with Gasteiger partial charge in [-0.1, -0.05) is 41.2 Å². The van der Waals surface area contributed by atoms with Crippen LogP contribution in [0, 0.1) is 13.8 Å². The molecular formula is C23H22N2O4S. The largest absolute Gasteiger partial charge is 0.463 e. The first kappa shape index (κ1) is 20.1. The van der Waals surface area contributed by atoms with Crippen LogP contribution in [0.25, 0.3) is 6.08 Å². The molecule has 0 radical (unpaired) electrons. The molecule has 0 saturated heterocycles. The molecule has 0 spiro atoms. The van der Waals surface area contributed by atoms with Gasteiger partial charge >= 0.3 is 5.97 Å². The van der Waals surface area contributed by atoms with Gasteiger partial charge in [0.15, 0.2) is 4.80 Å². The van der Waals surface area contributed by atoms with Gasteiger partial charge in [0.25, 0.3) is 5.56 Å². The van der Waals surface area contributed by atoms with Crippen LogP contribution in [0.1, 0.15) is 42.5 Å². The fourth-order valence-corrected chi connectivity index (χ4v) is 4.54. The van der Waals surface area contributed by atoms with Gasteiger partial charge in [-0.05, 0) is 45.4 Å². The van der Waals surface area contributed by atoms with E-state index < -0.39 is 12.0 Å². The van der Waals surface area contributed by atoms with Crippen LogP contribution in [0.5, 0.6) is 0 Å². The summed E-state index contributed by atoms with van der Waals surface area (Å²) in [4.78, 5) is 31.3. The van der Waals surface area contributed by atoms with E-state index in [1.807, 2.05) is 50.2 Å². The van der Waals surface area contributed by atoms with Gasteiger partial charge in [0.1, 0.15) is 11.5 Å². The number of aromatic nitrogens is 1. The summed E-state index contributed by atoms with van der Waals surface area (Å²) >= 11 is 1.28. The molecule has 3 heterocycles. The third-order valence-corrected chi connectivity index (χ3v) is 5.93. The number of carbonyl (C=O) groups excluding carboxylic acids is 1. The first-order chi connectivity index (χ1) is 14.4. The highest BCUT2D eigenvalue weighted by Crippen LogP contribution is 2.30. The standard InChI is InChI=1S/C23H22N2O4S/c1-5-28-22(27)19-15(4)24-23-25(20(19)16-9-6-13(2)7-10-16)21(26)18(30-23)12-17-11-8-14(3)29-17/h6-12,20H,5H2,1-4H3/t20-/m1/s1. The van der Waals surface area contributed by atoms with Crippen molar-refractivity contribution < 1.29 is 13.9 Å². The lowest BCUT2D eigenvalue weighted by atomic mass is 9.95. The first-order valence-corrected chi connectivity index (χ1v) is 10.5. The topological polar surface area (TPSA) is 73.8 Å². The van der Waals surface area contributed by atoms with Crippen molar-refractivity contribution in [3.05, 3.63) is 90.0 Å². The van der Waals surface area contributed by atoms with Gasteiger partial charge < -0.3 is 9.15 Å².